The van der Waals surface area contributed by atoms with E-state index in [1.807, 2.05) is 12.3 Å². The molecule has 0 amide bonds. The van der Waals surface area contributed by atoms with Crippen LogP contribution in [0.25, 0.3) is 10.9 Å². The Hall–Kier alpha value is -1.45. The predicted octanol–water partition coefficient (Wildman–Crippen LogP) is 2.70. The summed E-state index contributed by atoms with van der Waals surface area (Å²) in [5.41, 5.74) is 2.43. The Morgan fingerprint density at radius 1 is 1.32 bits per heavy atom. The highest BCUT2D eigenvalue weighted by molar-refractivity contribution is 5.81. The van der Waals surface area contributed by atoms with E-state index in [2.05, 4.69) is 41.2 Å². The van der Waals surface area contributed by atoms with Gasteiger partial charge in [0.15, 0.2) is 0 Å². The molecule has 1 atom stereocenters. The van der Waals surface area contributed by atoms with Crippen molar-refractivity contribution >= 4 is 10.9 Å². The van der Waals surface area contributed by atoms with Crippen molar-refractivity contribution < 1.29 is 4.74 Å². The Bertz CT molecular complexity index is 544. The molecule has 3 heteroatoms. The van der Waals surface area contributed by atoms with Gasteiger partial charge in [0.1, 0.15) is 0 Å². The first kappa shape index (κ1) is 12.6. The first-order chi connectivity index (χ1) is 9.33. The molecule has 3 nitrogen and oxygen atoms in total. The number of pyridine rings is 1. The van der Waals surface area contributed by atoms with Gasteiger partial charge < -0.3 is 9.64 Å². The van der Waals surface area contributed by atoms with Crippen LogP contribution in [0.3, 0.4) is 0 Å². The minimum Gasteiger partial charge on any atom is -0.381 e. The van der Waals surface area contributed by atoms with E-state index in [0.717, 1.165) is 31.8 Å². The maximum absolute atomic E-state index is 5.44. The molecule has 1 fully saturated rings. The van der Waals surface area contributed by atoms with Crippen molar-refractivity contribution in [2.24, 2.45) is 5.92 Å². The van der Waals surface area contributed by atoms with E-state index in [1.165, 1.54) is 17.4 Å². The summed E-state index contributed by atoms with van der Waals surface area (Å²) < 4.78 is 5.44. The fraction of sp³-hybridized carbons (Fsp3) is 0.438. The number of benzene rings is 1. The summed E-state index contributed by atoms with van der Waals surface area (Å²) in [6.45, 7) is 3.92. The minimum absolute atomic E-state index is 0.693. The zero-order valence-electron chi connectivity index (χ0n) is 11.4. The van der Waals surface area contributed by atoms with Gasteiger partial charge in [-0.3, -0.25) is 4.98 Å². The number of fused-ring (bicyclic) bond motifs is 1. The van der Waals surface area contributed by atoms with Crippen LogP contribution in [0.2, 0.25) is 0 Å². The third-order valence-electron chi connectivity index (χ3n) is 3.77. The van der Waals surface area contributed by atoms with Crippen LogP contribution in [-0.4, -0.2) is 36.7 Å². The smallest absolute Gasteiger partial charge is 0.0705 e. The van der Waals surface area contributed by atoms with Crippen LogP contribution in [0, 0.1) is 5.92 Å². The van der Waals surface area contributed by atoms with Gasteiger partial charge in [-0.15, -0.1) is 0 Å². The van der Waals surface area contributed by atoms with Gasteiger partial charge in [-0.2, -0.15) is 0 Å². The zero-order chi connectivity index (χ0) is 13.1. The van der Waals surface area contributed by atoms with Crippen molar-refractivity contribution in [2.45, 2.75) is 13.0 Å². The van der Waals surface area contributed by atoms with E-state index in [1.54, 1.807) is 0 Å². The average Bonchev–Trinajstić information content (AvgIpc) is 2.92. The number of hydrogen-bond donors (Lipinski definition) is 0. The monoisotopic (exact) mass is 256 g/mol. The summed E-state index contributed by atoms with van der Waals surface area (Å²) in [4.78, 5) is 6.80. The number of nitrogens with zero attached hydrogens (tertiary/aromatic N) is 2. The van der Waals surface area contributed by atoms with Crippen molar-refractivity contribution in [1.82, 2.24) is 9.88 Å². The molecular weight excluding hydrogens is 236 g/mol. The predicted molar refractivity (Wildman–Crippen MR) is 77.0 cm³/mol. The molecule has 19 heavy (non-hydrogen) atoms. The van der Waals surface area contributed by atoms with Crippen molar-refractivity contribution in [3.05, 3.63) is 42.1 Å². The molecular formula is C16H20N2O. The minimum atomic E-state index is 0.693. The van der Waals surface area contributed by atoms with E-state index in [9.17, 15) is 0 Å². The second kappa shape index (κ2) is 5.68. The zero-order valence-corrected chi connectivity index (χ0v) is 11.4. The maximum Gasteiger partial charge on any atom is 0.0705 e. The summed E-state index contributed by atoms with van der Waals surface area (Å²) in [7, 11) is 2.19. The van der Waals surface area contributed by atoms with Gasteiger partial charge in [-0.05, 0) is 37.1 Å². The van der Waals surface area contributed by atoms with E-state index in [4.69, 9.17) is 4.74 Å². The normalized spacial score (nSPS) is 19.4. The summed E-state index contributed by atoms with van der Waals surface area (Å²) in [5, 5.41) is 1.26. The van der Waals surface area contributed by atoms with Crippen molar-refractivity contribution in [3.8, 4) is 0 Å². The third kappa shape index (κ3) is 2.94. The van der Waals surface area contributed by atoms with Gasteiger partial charge in [0.05, 0.1) is 12.1 Å². The molecule has 0 bridgehead atoms. The average molecular weight is 256 g/mol. The highest BCUT2D eigenvalue weighted by atomic mass is 16.5. The number of hydrogen-bond acceptors (Lipinski definition) is 3. The van der Waals surface area contributed by atoms with Gasteiger partial charge in [0.2, 0.25) is 0 Å². The van der Waals surface area contributed by atoms with E-state index in [0.29, 0.717) is 5.92 Å². The summed E-state index contributed by atoms with van der Waals surface area (Å²) in [6, 6.07) is 10.5. The fourth-order valence-electron chi connectivity index (χ4n) is 2.83. The molecule has 0 N–H and O–H groups in total. The Balaban J connectivity index is 1.73. The molecule has 1 unspecified atom stereocenters. The molecule has 100 valence electrons. The summed E-state index contributed by atoms with van der Waals surface area (Å²) in [6.07, 6.45) is 3.05. The lowest BCUT2D eigenvalue weighted by Gasteiger charge is -2.20. The second-order valence-electron chi connectivity index (χ2n) is 5.41. The maximum atomic E-state index is 5.44. The van der Waals surface area contributed by atoms with Gasteiger partial charge in [-0.25, -0.2) is 0 Å². The van der Waals surface area contributed by atoms with Crippen molar-refractivity contribution in [2.75, 3.05) is 26.8 Å². The lowest BCUT2D eigenvalue weighted by atomic mass is 10.1. The van der Waals surface area contributed by atoms with Gasteiger partial charge in [-0.1, -0.05) is 18.2 Å². The van der Waals surface area contributed by atoms with Crippen LogP contribution in [0.5, 0.6) is 0 Å². The van der Waals surface area contributed by atoms with E-state index in [-0.39, 0.29) is 0 Å². The fourth-order valence-corrected chi connectivity index (χ4v) is 2.83. The van der Waals surface area contributed by atoms with Crippen molar-refractivity contribution in [3.63, 3.8) is 0 Å². The van der Waals surface area contributed by atoms with Gasteiger partial charge >= 0.3 is 0 Å². The molecule has 2 heterocycles. The summed E-state index contributed by atoms with van der Waals surface area (Å²) >= 11 is 0. The number of rotatable bonds is 4. The first-order valence-electron chi connectivity index (χ1n) is 6.92. The molecule has 1 aliphatic heterocycles. The molecule has 0 radical (unpaired) electrons. The van der Waals surface area contributed by atoms with Gasteiger partial charge in [0, 0.05) is 31.3 Å². The molecule has 1 aromatic heterocycles. The highest BCUT2D eigenvalue weighted by Gasteiger charge is 2.17. The SMILES string of the molecule is CN(Cc1cccc2ncccc12)CC1CCOC1. The summed E-state index contributed by atoms with van der Waals surface area (Å²) in [5.74, 6) is 0.693. The molecule has 1 aliphatic rings. The third-order valence-corrected chi connectivity index (χ3v) is 3.77. The lowest BCUT2D eigenvalue weighted by molar-refractivity contribution is 0.173. The largest absolute Gasteiger partial charge is 0.381 e. The van der Waals surface area contributed by atoms with Crippen LogP contribution < -0.4 is 0 Å². The van der Waals surface area contributed by atoms with Crippen LogP contribution in [-0.2, 0) is 11.3 Å². The van der Waals surface area contributed by atoms with Crippen LogP contribution in [0.15, 0.2) is 36.5 Å². The Morgan fingerprint density at radius 2 is 2.26 bits per heavy atom. The Kier molecular flexibility index (Phi) is 3.76. The van der Waals surface area contributed by atoms with Crippen LogP contribution in [0.4, 0.5) is 0 Å². The topological polar surface area (TPSA) is 25.4 Å². The quantitative estimate of drug-likeness (QED) is 0.841. The molecule has 0 aliphatic carbocycles. The Morgan fingerprint density at radius 3 is 3.11 bits per heavy atom. The molecule has 3 rings (SSSR count). The highest BCUT2D eigenvalue weighted by Crippen LogP contribution is 2.19. The van der Waals surface area contributed by atoms with Crippen LogP contribution >= 0.6 is 0 Å². The van der Waals surface area contributed by atoms with E-state index < -0.39 is 0 Å². The van der Waals surface area contributed by atoms with E-state index >= 15 is 0 Å². The molecule has 2 aromatic rings. The van der Waals surface area contributed by atoms with Gasteiger partial charge in [0.25, 0.3) is 0 Å². The lowest BCUT2D eigenvalue weighted by Crippen LogP contribution is -2.25. The molecule has 0 saturated carbocycles. The van der Waals surface area contributed by atoms with Crippen LogP contribution in [0.1, 0.15) is 12.0 Å². The molecule has 0 spiro atoms. The number of aromatic nitrogens is 1. The van der Waals surface area contributed by atoms with Crippen molar-refractivity contribution in [1.29, 1.82) is 0 Å². The number of ether oxygens (including phenoxy) is 1. The second-order valence-corrected chi connectivity index (χ2v) is 5.41. The Labute approximate surface area is 114 Å². The first-order valence-corrected chi connectivity index (χ1v) is 6.92. The molecule has 1 aromatic carbocycles. The standard InChI is InChI=1S/C16H20N2O/c1-18(10-13-7-9-19-12-13)11-14-4-2-6-16-15(14)5-3-8-17-16/h2-6,8,13H,7,9-12H2,1H3. The molecule has 1 saturated heterocycles.